The predicted molar refractivity (Wildman–Crippen MR) is 115 cm³/mol. The molecule has 0 saturated heterocycles. The van der Waals surface area contributed by atoms with Crippen LogP contribution in [0.2, 0.25) is 0 Å². The average Bonchev–Trinajstić information content (AvgIpc) is 3.09. The van der Waals surface area contributed by atoms with Crippen LogP contribution in [0.15, 0.2) is 18.5 Å². The fraction of sp³-hybridized carbons (Fsp3) is 0.350. The van der Waals surface area contributed by atoms with Crippen molar-refractivity contribution in [3.05, 3.63) is 34.5 Å². The van der Waals surface area contributed by atoms with E-state index in [1.807, 2.05) is 13.0 Å². The number of aromatic nitrogens is 2. The van der Waals surface area contributed by atoms with Crippen LogP contribution in [0.3, 0.4) is 0 Å². The molecule has 7 nitrogen and oxygen atoms in total. The normalized spacial score (nSPS) is 14.5. The lowest BCUT2D eigenvalue weighted by atomic mass is 9.97. The number of aryl methyl sites for hydroxylation is 2. The number of hydrogen-bond acceptors (Lipinski definition) is 8. The van der Waals surface area contributed by atoms with E-state index in [-0.39, 0.29) is 6.10 Å². The van der Waals surface area contributed by atoms with Gasteiger partial charge in [0.25, 0.3) is 0 Å². The summed E-state index contributed by atoms with van der Waals surface area (Å²) in [5.74, 6) is 1.35. The Bertz CT molecular complexity index is 1030. The quantitative estimate of drug-likeness (QED) is 0.373. The van der Waals surface area contributed by atoms with Crippen molar-refractivity contribution >= 4 is 45.0 Å². The van der Waals surface area contributed by atoms with Gasteiger partial charge in [-0.1, -0.05) is 0 Å². The summed E-state index contributed by atoms with van der Waals surface area (Å²) in [6.07, 6.45) is 7.24. The molecule has 0 aliphatic heterocycles. The number of rotatable bonds is 6. The van der Waals surface area contributed by atoms with Crippen LogP contribution >= 0.6 is 11.3 Å². The monoisotopic (exact) mass is 396 g/mol. The van der Waals surface area contributed by atoms with E-state index in [1.165, 1.54) is 29.5 Å². The fourth-order valence-electron chi connectivity index (χ4n) is 3.51. The van der Waals surface area contributed by atoms with Crippen molar-refractivity contribution in [2.45, 2.75) is 38.7 Å². The number of nitrogen functional groups attached to an aromatic ring is 1. The van der Waals surface area contributed by atoms with Crippen molar-refractivity contribution in [3.63, 3.8) is 0 Å². The fourth-order valence-corrected chi connectivity index (χ4v) is 4.74. The number of anilines is 3. The lowest BCUT2D eigenvalue weighted by Gasteiger charge is -2.19. The molecule has 2 aromatic heterocycles. The van der Waals surface area contributed by atoms with Gasteiger partial charge in [0.05, 0.1) is 11.1 Å². The zero-order valence-corrected chi connectivity index (χ0v) is 16.6. The maximum absolute atomic E-state index is 7.62. The molecule has 3 aromatic rings. The second kappa shape index (κ2) is 7.73. The van der Waals surface area contributed by atoms with Crippen molar-refractivity contribution in [2.24, 2.45) is 5.73 Å². The Balaban J connectivity index is 1.80. The summed E-state index contributed by atoms with van der Waals surface area (Å²) in [6, 6.07) is 3.55. The molecule has 0 fully saturated rings. The first-order chi connectivity index (χ1) is 13.6. The van der Waals surface area contributed by atoms with Crippen LogP contribution in [-0.4, -0.2) is 28.8 Å². The zero-order valence-electron chi connectivity index (χ0n) is 15.8. The van der Waals surface area contributed by atoms with E-state index in [2.05, 4.69) is 15.3 Å². The third-order valence-electron chi connectivity index (χ3n) is 5.01. The van der Waals surface area contributed by atoms with Gasteiger partial charge in [-0.2, -0.15) is 0 Å². The molecule has 0 amide bonds. The minimum Gasteiger partial charge on any atom is -0.487 e. The van der Waals surface area contributed by atoms with Gasteiger partial charge in [-0.15, -0.1) is 11.3 Å². The largest absolute Gasteiger partial charge is 0.487 e. The number of ether oxygens (including phenoxy) is 1. The molecule has 2 heterocycles. The van der Waals surface area contributed by atoms with Gasteiger partial charge in [-0.05, 0) is 44.2 Å². The van der Waals surface area contributed by atoms with E-state index in [9.17, 15) is 0 Å². The second-order valence-corrected chi connectivity index (χ2v) is 8.11. The molecule has 1 unspecified atom stereocenters. The SMILES string of the molecule is CC(CN)Oc1cc(N)c(C=N)cc1Nc1ncnc2sc3c(c12)CCCC3. The van der Waals surface area contributed by atoms with Gasteiger partial charge < -0.3 is 26.9 Å². The van der Waals surface area contributed by atoms with E-state index in [4.69, 9.17) is 21.6 Å². The topological polar surface area (TPSA) is 123 Å². The van der Waals surface area contributed by atoms with Gasteiger partial charge >= 0.3 is 0 Å². The van der Waals surface area contributed by atoms with Crippen molar-refractivity contribution in [2.75, 3.05) is 17.6 Å². The van der Waals surface area contributed by atoms with E-state index in [0.29, 0.717) is 29.2 Å². The van der Waals surface area contributed by atoms with Crippen LogP contribution in [0, 0.1) is 5.41 Å². The van der Waals surface area contributed by atoms with E-state index >= 15 is 0 Å². The molecule has 0 radical (unpaired) electrons. The molecule has 28 heavy (non-hydrogen) atoms. The van der Waals surface area contributed by atoms with E-state index in [1.54, 1.807) is 23.7 Å². The third-order valence-corrected chi connectivity index (χ3v) is 6.21. The van der Waals surface area contributed by atoms with E-state index in [0.717, 1.165) is 28.9 Å². The first kappa shape index (κ1) is 18.6. The maximum Gasteiger partial charge on any atom is 0.145 e. The minimum atomic E-state index is -0.162. The number of thiophene rings is 1. The Morgan fingerprint density at radius 1 is 1.32 bits per heavy atom. The summed E-state index contributed by atoms with van der Waals surface area (Å²) in [7, 11) is 0. The molecule has 0 spiro atoms. The van der Waals surface area contributed by atoms with Crippen LogP contribution in [0.25, 0.3) is 10.2 Å². The first-order valence-corrected chi connectivity index (χ1v) is 10.2. The number of benzene rings is 1. The summed E-state index contributed by atoms with van der Waals surface area (Å²) >= 11 is 1.76. The number of nitrogens with two attached hydrogens (primary N) is 2. The number of fused-ring (bicyclic) bond motifs is 3. The van der Waals surface area contributed by atoms with Gasteiger partial charge in [-0.3, -0.25) is 0 Å². The first-order valence-electron chi connectivity index (χ1n) is 9.43. The zero-order chi connectivity index (χ0) is 19.7. The smallest absolute Gasteiger partial charge is 0.145 e. The Morgan fingerprint density at radius 2 is 2.14 bits per heavy atom. The highest BCUT2D eigenvalue weighted by Gasteiger charge is 2.21. The summed E-state index contributed by atoms with van der Waals surface area (Å²) in [4.78, 5) is 11.4. The number of nitrogens with zero attached hydrogens (tertiary/aromatic N) is 2. The van der Waals surface area contributed by atoms with Gasteiger partial charge in [0, 0.05) is 35.0 Å². The van der Waals surface area contributed by atoms with E-state index < -0.39 is 0 Å². The molecular formula is C20H24N6OS. The summed E-state index contributed by atoms with van der Waals surface area (Å²) in [6.45, 7) is 2.30. The standard InChI is InChI=1S/C20H24N6OS/c1-11(8-21)27-16-7-14(23)12(9-22)6-15(16)26-19-18-13-4-2-3-5-17(13)28-20(18)25-10-24-19/h6-7,9-11,22H,2-5,8,21,23H2,1H3,(H,24,25,26). The molecule has 1 aromatic carbocycles. The molecule has 0 bridgehead atoms. The van der Waals surface area contributed by atoms with Gasteiger partial charge in [0.2, 0.25) is 0 Å². The van der Waals surface area contributed by atoms with Crippen molar-refractivity contribution in [1.82, 2.24) is 9.97 Å². The maximum atomic E-state index is 7.62. The lowest BCUT2D eigenvalue weighted by molar-refractivity contribution is 0.231. The molecule has 0 saturated carbocycles. The molecule has 1 aliphatic carbocycles. The van der Waals surface area contributed by atoms with Crippen LogP contribution in [0.1, 0.15) is 35.8 Å². The Morgan fingerprint density at radius 3 is 2.93 bits per heavy atom. The molecule has 1 aliphatic rings. The van der Waals surface area contributed by atoms with Gasteiger partial charge in [0.1, 0.15) is 28.8 Å². The summed E-state index contributed by atoms with van der Waals surface area (Å²) in [5, 5.41) is 12.1. The number of nitrogens with one attached hydrogen (secondary N) is 2. The van der Waals surface area contributed by atoms with Gasteiger partial charge in [0.15, 0.2) is 0 Å². The minimum absolute atomic E-state index is 0.162. The summed E-state index contributed by atoms with van der Waals surface area (Å²) in [5.41, 5.74) is 15.0. The van der Waals surface area contributed by atoms with Crippen LogP contribution in [0.5, 0.6) is 5.75 Å². The Labute approximate surface area is 167 Å². The van der Waals surface area contributed by atoms with Crippen molar-refractivity contribution in [3.8, 4) is 5.75 Å². The predicted octanol–water partition coefficient (Wildman–Crippen LogP) is 3.62. The Hall–Kier alpha value is -2.71. The highest BCUT2D eigenvalue weighted by Crippen LogP contribution is 2.40. The molecular weight excluding hydrogens is 372 g/mol. The second-order valence-electron chi connectivity index (χ2n) is 7.02. The molecule has 1 atom stereocenters. The van der Waals surface area contributed by atoms with Crippen LogP contribution in [0.4, 0.5) is 17.2 Å². The van der Waals surface area contributed by atoms with Crippen LogP contribution in [-0.2, 0) is 12.8 Å². The highest BCUT2D eigenvalue weighted by atomic mass is 32.1. The molecule has 4 rings (SSSR count). The highest BCUT2D eigenvalue weighted by molar-refractivity contribution is 7.19. The molecule has 6 N–H and O–H groups in total. The molecule has 8 heteroatoms. The average molecular weight is 397 g/mol. The Kier molecular flexibility index (Phi) is 5.15. The van der Waals surface area contributed by atoms with Gasteiger partial charge in [-0.25, -0.2) is 9.97 Å². The third kappa shape index (κ3) is 3.41. The number of hydrogen-bond donors (Lipinski definition) is 4. The summed E-state index contributed by atoms with van der Waals surface area (Å²) < 4.78 is 5.97. The molecule has 146 valence electrons. The lowest BCUT2D eigenvalue weighted by Crippen LogP contribution is -2.23. The van der Waals surface area contributed by atoms with Crippen LogP contribution < -0.4 is 21.5 Å². The van der Waals surface area contributed by atoms with Crippen molar-refractivity contribution < 1.29 is 4.74 Å². The van der Waals surface area contributed by atoms with Crippen molar-refractivity contribution in [1.29, 1.82) is 5.41 Å².